The molecule has 0 saturated carbocycles. The van der Waals surface area contributed by atoms with Crippen molar-refractivity contribution in [2.75, 3.05) is 13.7 Å². The zero-order chi connectivity index (χ0) is 20.5. The van der Waals surface area contributed by atoms with E-state index < -0.39 is 5.63 Å². The Morgan fingerprint density at radius 3 is 2.90 bits per heavy atom. The summed E-state index contributed by atoms with van der Waals surface area (Å²) in [6.07, 6.45) is 3.03. The molecular weight excluding hydrogens is 390 g/mol. The third-order valence-corrected chi connectivity index (χ3v) is 5.85. The van der Waals surface area contributed by atoms with E-state index in [1.165, 1.54) is 17.2 Å². The van der Waals surface area contributed by atoms with E-state index in [9.17, 15) is 9.59 Å². The lowest BCUT2D eigenvalue weighted by Gasteiger charge is -2.33. The number of likely N-dealkylation sites (N-methyl/N-ethyl adjacent to an activating group) is 1. The van der Waals surface area contributed by atoms with E-state index in [-0.39, 0.29) is 18.6 Å². The first-order valence-corrected chi connectivity index (χ1v) is 10.0. The number of carbonyl (C=O) groups is 1. The number of rotatable bonds is 4. The van der Waals surface area contributed by atoms with Crippen LogP contribution in [-0.4, -0.2) is 24.5 Å². The van der Waals surface area contributed by atoms with Crippen molar-refractivity contribution in [2.45, 2.75) is 32.2 Å². The maximum Gasteiger partial charge on any atom is 0.336 e. The lowest BCUT2D eigenvalue weighted by Crippen LogP contribution is -2.36. The molecule has 0 N–H and O–H groups in total. The highest BCUT2D eigenvalue weighted by Crippen LogP contribution is 2.34. The minimum atomic E-state index is -0.435. The highest BCUT2D eigenvalue weighted by Gasteiger charge is 2.26. The van der Waals surface area contributed by atoms with Crippen molar-refractivity contribution in [1.82, 2.24) is 4.90 Å². The van der Waals surface area contributed by atoms with E-state index in [0.717, 1.165) is 30.2 Å². The Morgan fingerprint density at radius 1 is 1.28 bits per heavy atom. The molecule has 4 rings (SSSR count). The number of hydrogen-bond acceptors (Lipinski definition) is 4. The van der Waals surface area contributed by atoms with Gasteiger partial charge in [-0.1, -0.05) is 35.9 Å². The number of amides is 1. The number of nitrogens with zero attached hydrogens (tertiary/aromatic N) is 1. The molecular formula is C23H22ClNO4. The first kappa shape index (κ1) is 19.5. The van der Waals surface area contributed by atoms with Gasteiger partial charge in [0, 0.05) is 24.6 Å². The van der Waals surface area contributed by atoms with Crippen LogP contribution in [0.2, 0.25) is 5.02 Å². The van der Waals surface area contributed by atoms with E-state index in [1.54, 1.807) is 17.0 Å². The summed E-state index contributed by atoms with van der Waals surface area (Å²) in [7, 11) is 1.81. The highest BCUT2D eigenvalue weighted by molar-refractivity contribution is 6.32. The number of benzene rings is 2. The van der Waals surface area contributed by atoms with Gasteiger partial charge in [-0.15, -0.1) is 0 Å². The molecule has 3 aromatic rings. The molecule has 0 spiro atoms. The van der Waals surface area contributed by atoms with Gasteiger partial charge in [-0.25, -0.2) is 4.79 Å². The molecule has 2 aromatic carbocycles. The molecule has 1 aliphatic carbocycles. The average Bonchev–Trinajstić information content (AvgIpc) is 2.71. The van der Waals surface area contributed by atoms with Crippen LogP contribution in [0.5, 0.6) is 5.75 Å². The monoisotopic (exact) mass is 411 g/mol. The third-order valence-electron chi connectivity index (χ3n) is 5.55. The zero-order valence-corrected chi connectivity index (χ0v) is 17.2. The van der Waals surface area contributed by atoms with Crippen LogP contribution >= 0.6 is 11.6 Å². The normalized spacial score (nSPS) is 15.8. The summed E-state index contributed by atoms with van der Waals surface area (Å²) < 4.78 is 10.9. The third kappa shape index (κ3) is 3.87. The van der Waals surface area contributed by atoms with Crippen LogP contribution in [0.15, 0.2) is 51.7 Å². The summed E-state index contributed by atoms with van der Waals surface area (Å²) in [5.74, 6) is 0.187. The summed E-state index contributed by atoms with van der Waals surface area (Å²) in [6, 6.07) is 13.0. The van der Waals surface area contributed by atoms with Gasteiger partial charge >= 0.3 is 5.63 Å². The van der Waals surface area contributed by atoms with E-state index in [1.807, 2.05) is 26.1 Å². The van der Waals surface area contributed by atoms with Crippen LogP contribution in [-0.2, 0) is 11.2 Å². The molecule has 6 heteroatoms. The molecule has 0 bridgehead atoms. The summed E-state index contributed by atoms with van der Waals surface area (Å²) in [5.41, 5.74) is 3.23. The quantitative estimate of drug-likeness (QED) is 0.585. The van der Waals surface area contributed by atoms with Crippen molar-refractivity contribution in [3.8, 4) is 5.75 Å². The van der Waals surface area contributed by atoms with E-state index in [4.69, 9.17) is 20.8 Å². The first-order chi connectivity index (χ1) is 13.9. The molecule has 150 valence electrons. The maximum atomic E-state index is 12.8. The largest absolute Gasteiger partial charge is 0.482 e. The Hall–Kier alpha value is -2.79. The minimum absolute atomic E-state index is 0.0452. The summed E-state index contributed by atoms with van der Waals surface area (Å²) in [5, 5.41) is 1.11. The molecule has 0 saturated heterocycles. The van der Waals surface area contributed by atoms with Crippen LogP contribution < -0.4 is 10.4 Å². The van der Waals surface area contributed by atoms with Crippen molar-refractivity contribution in [2.24, 2.45) is 0 Å². The number of halogens is 1. The standard InChI is InChI=1S/C23H22ClNO4/c1-14-10-23(27)29-20-12-21(18(24)11-17(14)20)28-13-22(26)25(2)19-9-5-7-15-6-3-4-8-16(15)19/h3-4,6,8,10-12,19H,5,7,9,13H2,1-2H3/t19-/m0/s1. The van der Waals surface area contributed by atoms with Crippen molar-refractivity contribution in [3.63, 3.8) is 0 Å². The second-order valence-electron chi connectivity index (χ2n) is 7.43. The van der Waals surface area contributed by atoms with Gasteiger partial charge in [-0.2, -0.15) is 0 Å². The molecule has 1 heterocycles. The summed E-state index contributed by atoms with van der Waals surface area (Å²) in [6.45, 7) is 1.67. The molecule has 5 nitrogen and oxygen atoms in total. The van der Waals surface area contributed by atoms with Gasteiger partial charge in [0.05, 0.1) is 11.1 Å². The van der Waals surface area contributed by atoms with Gasteiger partial charge in [0.15, 0.2) is 6.61 Å². The lowest BCUT2D eigenvalue weighted by atomic mass is 9.87. The Bertz CT molecular complexity index is 1140. The Balaban J connectivity index is 1.51. The van der Waals surface area contributed by atoms with E-state index in [2.05, 4.69) is 12.1 Å². The van der Waals surface area contributed by atoms with Crippen LogP contribution in [0.3, 0.4) is 0 Å². The molecule has 1 aliphatic rings. The minimum Gasteiger partial charge on any atom is -0.482 e. The van der Waals surface area contributed by atoms with Gasteiger partial charge in [0.1, 0.15) is 11.3 Å². The number of carbonyl (C=O) groups excluding carboxylic acids is 1. The first-order valence-electron chi connectivity index (χ1n) is 9.64. The fourth-order valence-electron chi connectivity index (χ4n) is 3.98. The van der Waals surface area contributed by atoms with Gasteiger partial charge < -0.3 is 14.1 Å². The molecule has 0 aliphatic heterocycles. The number of fused-ring (bicyclic) bond motifs is 2. The Morgan fingerprint density at radius 2 is 2.07 bits per heavy atom. The van der Waals surface area contributed by atoms with Crippen LogP contribution in [0.25, 0.3) is 11.0 Å². The van der Waals surface area contributed by atoms with Gasteiger partial charge in [0.2, 0.25) is 0 Å². The zero-order valence-electron chi connectivity index (χ0n) is 16.4. The predicted molar refractivity (Wildman–Crippen MR) is 113 cm³/mol. The van der Waals surface area contributed by atoms with E-state index >= 15 is 0 Å². The topological polar surface area (TPSA) is 59.8 Å². The van der Waals surface area contributed by atoms with Crippen molar-refractivity contribution in [3.05, 3.63) is 74.6 Å². The fourth-order valence-corrected chi connectivity index (χ4v) is 4.19. The van der Waals surface area contributed by atoms with Gasteiger partial charge in [-0.05, 0) is 48.9 Å². The Labute approximate surface area is 173 Å². The average molecular weight is 412 g/mol. The second-order valence-corrected chi connectivity index (χ2v) is 7.83. The second kappa shape index (κ2) is 7.91. The molecule has 1 amide bonds. The molecule has 1 aromatic heterocycles. The number of aryl methyl sites for hydroxylation is 2. The number of ether oxygens (including phenoxy) is 1. The van der Waals surface area contributed by atoms with Crippen molar-refractivity contribution < 1.29 is 13.9 Å². The van der Waals surface area contributed by atoms with Crippen LogP contribution in [0.1, 0.15) is 35.6 Å². The SMILES string of the molecule is Cc1cc(=O)oc2cc(OCC(=O)N(C)[C@H]3CCCc4ccccc43)c(Cl)cc12. The fraction of sp³-hybridized carbons (Fsp3) is 0.304. The molecule has 0 radical (unpaired) electrons. The van der Waals surface area contributed by atoms with Crippen LogP contribution in [0.4, 0.5) is 0 Å². The smallest absolute Gasteiger partial charge is 0.336 e. The molecule has 29 heavy (non-hydrogen) atoms. The predicted octanol–water partition coefficient (Wildman–Crippen LogP) is 4.67. The Kier molecular flexibility index (Phi) is 5.33. The summed E-state index contributed by atoms with van der Waals surface area (Å²) in [4.78, 5) is 26.2. The van der Waals surface area contributed by atoms with Gasteiger partial charge in [0.25, 0.3) is 5.91 Å². The maximum absolute atomic E-state index is 12.8. The summed E-state index contributed by atoms with van der Waals surface area (Å²) >= 11 is 6.32. The molecule has 0 unspecified atom stereocenters. The lowest BCUT2D eigenvalue weighted by molar-refractivity contribution is -0.134. The van der Waals surface area contributed by atoms with Crippen LogP contribution in [0, 0.1) is 6.92 Å². The highest BCUT2D eigenvalue weighted by atomic mass is 35.5. The van der Waals surface area contributed by atoms with Crippen molar-refractivity contribution >= 4 is 28.5 Å². The molecule has 0 fully saturated rings. The van der Waals surface area contributed by atoms with E-state index in [0.29, 0.717) is 16.4 Å². The van der Waals surface area contributed by atoms with Gasteiger partial charge in [-0.3, -0.25) is 4.79 Å². The van der Waals surface area contributed by atoms with Crippen molar-refractivity contribution in [1.29, 1.82) is 0 Å². The number of hydrogen-bond donors (Lipinski definition) is 0. The molecule has 1 atom stereocenters.